The number of carbonyl (C=O) groups is 1. The Bertz CT molecular complexity index is 599. The first-order chi connectivity index (χ1) is 8.68. The molecule has 0 bridgehead atoms. The first-order valence-electron chi connectivity index (χ1n) is 5.97. The Kier molecular flexibility index (Phi) is 4.21. The molecule has 0 atom stereocenters. The number of carbonyl (C=O) groups excluding carboxylic acids is 1. The van der Waals surface area contributed by atoms with Crippen LogP contribution >= 0.6 is 11.8 Å². The van der Waals surface area contributed by atoms with Gasteiger partial charge in [0.15, 0.2) is 5.12 Å². The van der Waals surface area contributed by atoms with Gasteiger partial charge < -0.3 is 0 Å². The summed E-state index contributed by atoms with van der Waals surface area (Å²) in [5.41, 5.74) is 2.51. The highest BCUT2D eigenvalue weighted by Crippen LogP contribution is 2.23. The summed E-state index contributed by atoms with van der Waals surface area (Å²) in [6, 6.07) is 12.7. The molecule has 0 fully saturated rings. The summed E-state index contributed by atoms with van der Waals surface area (Å²) in [6.45, 7) is 3.71. The molecule has 0 saturated heterocycles. The van der Waals surface area contributed by atoms with E-state index in [2.05, 4.69) is 55.5 Å². The molecule has 0 spiro atoms. The zero-order chi connectivity index (χ0) is 13.0. The van der Waals surface area contributed by atoms with Gasteiger partial charge in [-0.15, -0.1) is 0 Å². The van der Waals surface area contributed by atoms with E-state index in [4.69, 9.17) is 0 Å². The second-order valence-corrected chi connectivity index (χ2v) is 5.42. The van der Waals surface area contributed by atoms with E-state index in [1.54, 1.807) is 6.92 Å². The molecule has 0 heterocycles. The minimum Gasteiger partial charge on any atom is -0.288 e. The molecule has 0 aliphatic heterocycles. The average Bonchev–Trinajstić information content (AvgIpc) is 2.36. The van der Waals surface area contributed by atoms with Crippen LogP contribution in [0, 0.1) is 6.92 Å². The second-order valence-electron chi connectivity index (χ2n) is 4.22. The molecule has 2 rings (SSSR count). The van der Waals surface area contributed by atoms with E-state index in [0.29, 0.717) is 0 Å². The van der Waals surface area contributed by atoms with Crippen LogP contribution in [0.4, 0.5) is 0 Å². The Labute approximate surface area is 112 Å². The van der Waals surface area contributed by atoms with Gasteiger partial charge in [0.1, 0.15) is 0 Å². The quantitative estimate of drug-likeness (QED) is 0.807. The van der Waals surface area contributed by atoms with E-state index in [1.165, 1.54) is 33.7 Å². The zero-order valence-electron chi connectivity index (χ0n) is 10.6. The maximum absolute atomic E-state index is 10.9. The largest absolute Gasteiger partial charge is 0.288 e. The number of fused-ring (bicyclic) bond motifs is 1. The van der Waals surface area contributed by atoms with Crippen molar-refractivity contribution < 1.29 is 4.79 Å². The number of hydrogen-bond donors (Lipinski definition) is 0. The van der Waals surface area contributed by atoms with Crippen LogP contribution in [0.15, 0.2) is 42.5 Å². The Morgan fingerprint density at radius 2 is 2.00 bits per heavy atom. The normalized spacial score (nSPS) is 11.2. The molecule has 92 valence electrons. The van der Waals surface area contributed by atoms with E-state index in [-0.39, 0.29) is 5.12 Å². The summed E-state index contributed by atoms with van der Waals surface area (Å²) in [5, 5.41) is 2.68. The summed E-state index contributed by atoms with van der Waals surface area (Å²) in [6.07, 6.45) is 4.18. The molecule has 0 amide bonds. The lowest BCUT2D eigenvalue weighted by Gasteiger charge is -2.06. The van der Waals surface area contributed by atoms with Crippen LogP contribution in [-0.2, 0) is 4.79 Å². The SMILES string of the molecule is CC(=O)SCC=Cc1c(C)ccc2ccccc12. The molecular weight excluding hydrogens is 240 g/mol. The van der Waals surface area contributed by atoms with Gasteiger partial charge in [0.25, 0.3) is 0 Å². The summed E-state index contributed by atoms with van der Waals surface area (Å²) < 4.78 is 0. The van der Waals surface area contributed by atoms with Crippen LogP contribution < -0.4 is 0 Å². The predicted octanol–water partition coefficient (Wildman–Crippen LogP) is 4.44. The molecule has 0 saturated carbocycles. The average molecular weight is 256 g/mol. The van der Waals surface area contributed by atoms with Crippen molar-refractivity contribution >= 4 is 33.7 Å². The standard InChI is InChI=1S/C16H16OS/c1-12-9-10-14-6-3-4-7-16(14)15(12)8-5-11-18-13(2)17/h3-10H,11H2,1-2H3. The predicted molar refractivity (Wildman–Crippen MR) is 80.9 cm³/mol. The van der Waals surface area contributed by atoms with Crippen LogP contribution in [0.25, 0.3) is 16.8 Å². The van der Waals surface area contributed by atoms with E-state index in [1.807, 2.05) is 0 Å². The van der Waals surface area contributed by atoms with Crippen LogP contribution in [-0.4, -0.2) is 10.9 Å². The fraction of sp³-hybridized carbons (Fsp3) is 0.188. The molecule has 18 heavy (non-hydrogen) atoms. The number of thioether (sulfide) groups is 1. The summed E-state index contributed by atoms with van der Waals surface area (Å²) in [7, 11) is 0. The van der Waals surface area contributed by atoms with Gasteiger partial charge in [0, 0.05) is 12.7 Å². The van der Waals surface area contributed by atoms with Crippen molar-refractivity contribution in [2.45, 2.75) is 13.8 Å². The third-order valence-corrected chi connectivity index (χ3v) is 3.62. The maximum Gasteiger partial charge on any atom is 0.186 e. The first-order valence-corrected chi connectivity index (χ1v) is 6.95. The van der Waals surface area contributed by atoms with Gasteiger partial charge >= 0.3 is 0 Å². The topological polar surface area (TPSA) is 17.1 Å². The Hall–Kier alpha value is -1.54. The molecule has 0 aliphatic carbocycles. The molecule has 2 aromatic rings. The molecule has 2 aromatic carbocycles. The van der Waals surface area contributed by atoms with Crippen molar-refractivity contribution in [2.75, 3.05) is 5.75 Å². The molecule has 0 radical (unpaired) electrons. The Morgan fingerprint density at radius 3 is 2.78 bits per heavy atom. The second kappa shape index (κ2) is 5.87. The van der Waals surface area contributed by atoms with Gasteiger partial charge in [-0.1, -0.05) is 60.3 Å². The molecule has 1 nitrogen and oxygen atoms in total. The first kappa shape index (κ1) is 12.9. The van der Waals surface area contributed by atoms with E-state index >= 15 is 0 Å². The molecular formula is C16H16OS. The molecule has 0 unspecified atom stereocenters. The Balaban J connectivity index is 2.31. The lowest BCUT2D eigenvalue weighted by Crippen LogP contribution is -1.85. The zero-order valence-corrected chi connectivity index (χ0v) is 11.5. The van der Waals surface area contributed by atoms with Crippen molar-refractivity contribution in [3.63, 3.8) is 0 Å². The summed E-state index contributed by atoms with van der Waals surface area (Å²) in [4.78, 5) is 10.9. The van der Waals surface area contributed by atoms with Crippen LogP contribution in [0.2, 0.25) is 0 Å². The number of benzene rings is 2. The lowest BCUT2D eigenvalue weighted by molar-refractivity contribution is -0.109. The van der Waals surface area contributed by atoms with Gasteiger partial charge in [0.05, 0.1) is 0 Å². The summed E-state index contributed by atoms with van der Waals surface area (Å²) in [5.74, 6) is 0.734. The van der Waals surface area contributed by atoms with Gasteiger partial charge in [-0.3, -0.25) is 4.79 Å². The highest BCUT2D eigenvalue weighted by molar-refractivity contribution is 8.13. The minimum absolute atomic E-state index is 0.161. The van der Waals surface area contributed by atoms with Crippen molar-refractivity contribution in [2.24, 2.45) is 0 Å². The third kappa shape index (κ3) is 3.02. The van der Waals surface area contributed by atoms with Crippen LogP contribution in [0.5, 0.6) is 0 Å². The Morgan fingerprint density at radius 1 is 1.22 bits per heavy atom. The highest BCUT2D eigenvalue weighted by Gasteiger charge is 2.00. The summed E-state index contributed by atoms with van der Waals surface area (Å²) >= 11 is 1.34. The fourth-order valence-electron chi connectivity index (χ4n) is 1.96. The number of aryl methyl sites for hydroxylation is 1. The smallest absolute Gasteiger partial charge is 0.186 e. The van der Waals surface area contributed by atoms with E-state index in [0.717, 1.165) is 5.75 Å². The van der Waals surface area contributed by atoms with E-state index < -0.39 is 0 Å². The van der Waals surface area contributed by atoms with Gasteiger partial charge in [-0.25, -0.2) is 0 Å². The third-order valence-electron chi connectivity index (χ3n) is 2.86. The number of rotatable bonds is 3. The monoisotopic (exact) mass is 256 g/mol. The highest BCUT2D eigenvalue weighted by atomic mass is 32.2. The molecule has 0 N–H and O–H groups in total. The number of hydrogen-bond acceptors (Lipinski definition) is 2. The van der Waals surface area contributed by atoms with Crippen molar-refractivity contribution in [3.8, 4) is 0 Å². The molecule has 2 heteroatoms. The molecule has 0 aliphatic rings. The fourth-order valence-corrected chi connectivity index (χ4v) is 2.38. The lowest BCUT2D eigenvalue weighted by atomic mass is 9.99. The maximum atomic E-state index is 10.9. The van der Waals surface area contributed by atoms with E-state index in [9.17, 15) is 4.79 Å². The minimum atomic E-state index is 0.161. The van der Waals surface area contributed by atoms with Gasteiger partial charge in [-0.05, 0) is 28.8 Å². The molecule has 0 aromatic heterocycles. The van der Waals surface area contributed by atoms with Crippen molar-refractivity contribution in [1.29, 1.82) is 0 Å². The van der Waals surface area contributed by atoms with Gasteiger partial charge in [0.2, 0.25) is 0 Å². The van der Waals surface area contributed by atoms with Crippen molar-refractivity contribution in [1.82, 2.24) is 0 Å². The van der Waals surface area contributed by atoms with Crippen LogP contribution in [0.1, 0.15) is 18.1 Å². The van der Waals surface area contributed by atoms with Gasteiger partial charge in [-0.2, -0.15) is 0 Å². The van der Waals surface area contributed by atoms with Crippen molar-refractivity contribution in [3.05, 3.63) is 53.6 Å². The van der Waals surface area contributed by atoms with Crippen LogP contribution in [0.3, 0.4) is 0 Å².